The Balaban J connectivity index is 2.34. The molecular weight excluding hydrogens is 348 g/mol. The molecule has 0 aliphatic heterocycles. The molecule has 142 valence electrons. The molecule has 0 bridgehead atoms. The van der Waals surface area contributed by atoms with E-state index < -0.39 is 5.91 Å². The zero-order valence-electron chi connectivity index (χ0n) is 15.7. The molecular formula is C20H22N2O5. The molecule has 7 nitrogen and oxygen atoms in total. The monoisotopic (exact) mass is 370 g/mol. The highest BCUT2D eigenvalue weighted by molar-refractivity contribution is 6.08. The van der Waals surface area contributed by atoms with Gasteiger partial charge in [0.05, 0.1) is 21.3 Å². The van der Waals surface area contributed by atoms with Crippen LogP contribution in [-0.2, 0) is 9.59 Å². The lowest BCUT2D eigenvalue weighted by molar-refractivity contribution is -0.120. The number of amides is 2. The highest BCUT2D eigenvalue weighted by Crippen LogP contribution is 2.39. The lowest BCUT2D eigenvalue weighted by Crippen LogP contribution is -2.29. The van der Waals surface area contributed by atoms with Crippen LogP contribution in [0.2, 0.25) is 0 Å². The lowest BCUT2D eigenvalue weighted by atomic mass is 10.2. The zero-order valence-corrected chi connectivity index (χ0v) is 15.7. The van der Waals surface area contributed by atoms with Crippen LogP contribution in [0.15, 0.2) is 48.2 Å². The maximum Gasteiger partial charge on any atom is 0.272 e. The molecule has 0 radical (unpaired) electrons. The van der Waals surface area contributed by atoms with E-state index in [1.807, 2.05) is 30.3 Å². The van der Waals surface area contributed by atoms with Crippen molar-refractivity contribution in [3.05, 3.63) is 53.7 Å². The first-order valence-corrected chi connectivity index (χ1v) is 8.14. The largest absolute Gasteiger partial charge is 0.493 e. The van der Waals surface area contributed by atoms with Gasteiger partial charge in [0.15, 0.2) is 11.5 Å². The number of benzene rings is 2. The molecule has 27 heavy (non-hydrogen) atoms. The summed E-state index contributed by atoms with van der Waals surface area (Å²) in [4.78, 5) is 24.2. The average Bonchev–Trinajstić information content (AvgIpc) is 2.67. The molecule has 0 heterocycles. The molecule has 0 atom stereocenters. The molecule has 0 fully saturated rings. The van der Waals surface area contributed by atoms with Gasteiger partial charge >= 0.3 is 0 Å². The van der Waals surface area contributed by atoms with Gasteiger partial charge in [-0.25, -0.2) is 0 Å². The Hall–Kier alpha value is -3.48. The second-order valence-corrected chi connectivity index (χ2v) is 5.52. The fourth-order valence-corrected chi connectivity index (χ4v) is 2.42. The third-order valence-corrected chi connectivity index (χ3v) is 3.59. The van der Waals surface area contributed by atoms with E-state index in [0.717, 1.165) is 5.56 Å². The van der Waals surface area contributed by atoms with Crippen LogP contribution in [0.1, 0.15) is 12.5 Å². The van der Waals surface area contributed by atoms with E-state index >= 15 is 0 Å². The number of carbonyl (C=O) groups excluding carboxylic acids is 2. The number of anilines is 1. The molecule has 0 spiro atoms. The lowest BCUT2D eigenvalue weighted by Gasteiger charge is -2.15. The third-order valence-electron chi connectivity index (χ3n) is 3.59. The summed E-state index contributed by atoms with van der Waals surface area (Å²) in [6.45, 7) is 1.34. The molecule has 2 amide bonds. The minimum atomic E-state index is -0.483. The summed E-state index contributed by atoms with van der Waals surface area (Å²) in [6.07, 6.45) is 1.59. The van der Waals surface area contributed by atoms with Crippen LogP contribution in [0.3, 0.4) is 0 Å². The number of ether oxygens (including phenoxy) is 3. The fourth-order valence-electron chi connectivity index (χ4n) is 2.42. The first kappa shape index (κ1) is 19.8. The molecule has 0 aromatic heterocycles. The minimum absolute atomic E-state index is 0.113. The van der Waals surface area contributed by atoms with Gasteiger partial charge in [0, 0.05) is 24.7 Å². The summed E-state index contributed by atoms with van der Waals surface area (Å²) in [5, 5.41) is 5.28. The van der Waals surface area contributed by atoms with Crippen molar-refractivity contribution in [1.29, 1.82) is 0 Å². The minimum Gasteiger partial charge on any atom is -0.493 e. The Labute approximate surface area is 157 Å². The summed E-state index contributed by atoms with van der Waals surface area (Å²) in [5.41, 5.74) is 1.32. The molecule has 2 aromatic carbocycles. The van der Waals surface area contributed by atoms with Crippen LogP contribution in [0.4, 0.5) is 5.69 Å². The zero-order chi connectivity index (χ0) is 19.8. The Morgan fingerprint density at radius 2 is 1.52 bits per heavy atom. The predicted octanol–water partition coefficient (Wildman–Crippen LogP) is 2.83. The van der Waals surface area contributed by atoms with E-state index in [4.69, 9.17) is 14.2 Å². The topological polar surface area (TPSA) is 85.9 Å². The fraction of sp³-hybridized carbons (Fsp3) is 0.200. The van der Waals surface area contributed by atoms with Crippen molar-refractivity contribution >= 4 is 23.6 Å². The van der Waals surface area contributed by atoms with Crippen molar-refractivity contribution in [2.45, 2.75) is 6.92 Å². The van der Waals surface area contributed by atoms with E-state index in [1.54, 1.807) is 18.2 Å². The molecule has 2 N–H and O–H groups in total. The van der Waals surface area contributed by atoms with E-state index in [1.165, 1.54) is 28.3 Å². The van der Waals surface area contributed by atoms with Gasteiger partial charge in [-0.05, 0) is 11.6 Å². The van der Waals surface area contributed by atoms with Gasteiger partial charge in [-0.1, -0.05) is 30.3 Å². The smallest absolute Gasteiger partial charge is 0.272 e. The van der Waals surface area contributed by atoms with Crippen LogP contribution >= 0.6 is 0 Å². The van der Waals surface area contributed by atoms with E-state index in [0.29, 0.717) is 22.9 Å². The molecule has 0 saturated heterocycles. The second kappa shape index (κ2) is 9.28. The van der Waals surface area contributed by atoms with Crippen molar-refractivity contribution in [2.24, 2.45) is 0 Å². The second-order valence-electron chi connectivity index (χ2n) is 5.52. The Morgan fingerprint density at radius 3 is 2.00 bits per heavy atom. The Bertz CT molecular complexity index is 822. The molecule has 2 rings (SSSR count). The van der Waals surface area contributed by atoms with Gasteiger partial charge in [0.2, 0.25) is 11.7 Å². The van der Waals surface area contributed by atoms with Crippen molar-refractivity contribution in [1.82, 2.24) is 5.32 Å². The van der Waals surface area contributed by atoms with Crippen molar-refractivity contribution < 1.29 is 23.8 Å². The summed E-state index contributed by atoms with van der Waals surface area (Å²) in [6, 6.07) is 12.4. The summed E-state index contributed by atoms with van der Waals surface area (Å²) < 4.78 is 15.8. The molecule has 0 aliphatic carbocycles. The Kier molecular flexibility index (Phi) is 6.82. The molecule has 0 unspecified atom stereocenters. The molecule has 7 heteroatoms. The first-order valence-electron chi connectivity index (χ1n) is 8.14. The first-order chi connectivity index (χ1) is 13.0. The van der Waals surface area contributed by atoms with Crippen LogP contribution in [-0.4, -0.2) is 33.1 Å². The van der Waals surface area contributed by atoms with E-state index in [-0.39, 0.29) is 11.6 Å². The van der Waals surface area contributed by atoms with Crippen LogP contribution in [0, 0.1) is 0 Å². The number of carbonyl (C=O) groups is 2. The number of rotatable bonds is 7. The maximum absolute atomic E-state index is 12.7. The van der Waals surface area contributed by atoms with Crippen molar-refractivity contribution in [3.8, 4) is 17.2 Å². The summed E-state index contributed by atoms with van der Waals surface area (Å²) >= 11 is 0. The highest BCUT2D eigenvalue weighted by atomic mass is 16.5. The molecule has 2 aromatic rings. The number of nitrogens with one attached hydrogen (secondary N) is 2. The van der Waals surface area contributed by atoms with Gasteiger partial charge in [-0.15, -0.1) is 0 Å². The van der Waals surface area contributed by atoms with Crippen molar-refractivity contribution in [2.75, 3.05) is 26.6 Å². The van der Waals surface area contributed by atoms with Gasteiger partial charge in [-0.2, -0.15) is 0 Å². The van der Waals surface area contributed by atoms with Crippen LogP contribution < -0.4 is 24.8 Å². The van der Waals surface area contributed by atoms with Gasteiger partial charge in [-0.3, -0.25) is 9.59 Å². The maximum atomic E-state index is 12.7. The average molecular weight is 370 g/mol. The molecule has 0 saturated carbocycles. The molecule has 0 aliphatic rings. The summed E-state index contributed by atoms with van der Waals surface area (Å²) in [7, 11) is 4.47. The van der Waals surface area contributed by atoms with E-state index in [2.05, 4.69) is 10.6 Å². The van der Waals surface area contributed by atoms with Crippen LogP contribution in [0.5, 0.6) is 17.2 Å². The van der Waals surface area contributed by atoms with Crippen molar-refractivity contribution in [3.63, 3.8) is 0 Å². The normalized spacial score (nSPS) is 10.7. The van der Waals surface area contributed by atoms with Crippen LogP contribution in [0.25, 0.3) is 6.08 Å². The number of hydrogen-bond acceptors (Lipinski definition) is 5. The highest BCUT2D eigenvalue weighted by Gasteiger charge is 2.17. The predicted molar refractivity (Wildman–Crippen MR) is 103 cm³/mol. The van der Waals surface area contributed by atoms with Gasteiger partial charge < -0.3 is 24.8 Å². The van der Waals surface area contributed by atoms with E-state index in [9.17, 15) is 9.59 Å². The quantitative estimate of drug-likeness (QED) is 0.732. The third kappa shape index (κ3) is 5.24. The summed E-state index contributed by atoms with van der Waals surface area (Å²) in [5.74, 6) is 0.390. The standard InChI is InChI=1S/C20H22N2O5/c1-13(23)21-16(10-14-8-6-5-7-9-14)20(24)22-15-11-17(25-2)19(27-4)18(12-15)26-3/h5-12H,1-4H3,(H,21,23)(H,22,24)/b16-10-. The number of hydrogen-bond donors (Lipinski definition) is 2. The van der Waals surface area contributed by atoms with Gasteiger partial charge in [0.25, 0.3) is 5.91 Å². The van der Waals surface area contributed by atoms with Gasteiger partial charge in [0.1, 0.15) is 5.70 Å². The SMILES string of the molecule is COc1cc(NC(=O)/C(=C/c2ccccc2)NC(C)=O)cc(OC)c1OC. The Morgan fingerprint density at radius 1 is 0.926 bits per heavy atom. The number of methoxy groups -OCH3 is 3.